The van der Waals surface area contributed by atoms with Gasteiger partial charge in [-0.2, -0.15) is 0 Å². The summed E-state index contributed by atoms with van der Waals surface area (Å²) in [5.74, 6) is -2.99. The molecule has 0 saturated heterocycles. The Kier molecular flexibility index (Phi) is 2.02. The van der Waals surface area contributed by atoms with E-state index in [2.05, 4.69) is 0 Å². The van der Waals surface area contributed by atoms with Crippen LogP contribution in [0.2, 0.25) is 0 Å². The maximum absolute atomic E-state index is 12.6. The topological polar surface area (TPSA) is 17.1 Å². The van der Waals surface area contributed by atoms with Gasteiger partial charge in [-0.3, -0.25) is 0 Å². The Morgan fingerprint density at radius 3 is 2.50 bits per heavy atom. The van der Waals surface area contributed by atoms with Crippen molar-refractivity contribution in [2.75, 3.05) is 0 Å². The number of rotatable bonds is 4. The van der Waals surface area contributed by atoms with E-state index in [4.69, 9.17) is 0 Å². The zero-order chi connectivity index (χ0) is 7.61. The molecule has 0 aromatic rings. The van der Waals surface area contributed by atoms with E-state index in [1.807, 2.05) is 0 Å². The first kappa shape index (κ1) is 7.63. The normalized spacial score (nSPS) is 19.0. The van der Waals surface area contributed by atoms with Crippen LogP contribution < -0.4 is 0 Å². The molecule has 0 bridgehead atoms. The summed E-state index contributed by atoms with van der Waals surface area (Å²) in [5, 5.41) is 0. The van der Waals surface area contributed by atoms with E-state index in [1.54, 1.807) is 0 Å². The lowest BCUT2D eigenvalue weighted by atomic mass is 10.1. The molecule has 0 atom stereocenters. The van der Waals surface area contributed by atoms with E-state index in [-0.39, 0.29) is 12.8 Å². The molecule has 0 heterocycles. The summed E-state index contributed by atoms with van der Waals surface area (Å²) in [4.78, 5) is 9.76. The Morgan fingerprint density at radius 1 is 1.50 bits per heavy atom. The molecule has 0 aromatic carbocycles. The van der Waals surface area contributed by atoms with E-state index in [0.717, 1.165) is 0 Å². The highest BCUT2D eigenvalue weighted by Crippen LogP contribution is 2.45. The highest BCUT2D eigenvalue weighted by molar-refractivity contribution is 5.49. The number of halogens is 2. The molecular weight excluding hydrogens is 138 g/mol. The molecule has 1 saturated carbocycles. The summed E-state index contributed by atoms with van der Waals surface area (Å²) >= 11 is 0. The molecule has 1 fully saturated rings. The molecule has 1 aliphatic carbocycles. The first-order chi connectivity index (χ1) is 4.67. The van der Waals surface area contributed by atoms with Crippen molar-refractivity contribution < 1.29 is 13.6 Å². The molecule has 0 spiro atoms. The van der Waals surface area contributed by atoms with Crippen LogP contribution in [0.15, 0.2) is 0 Å². The fourth-order valence-corrected chi connectivity index (χ4v) is 0.961. The van der Waals surface area contributed by atoms with Gasteiger partial charge in [0.25, 0.3) is 5.92 Å². The minimum absolute atomic E-state index is 0.0104. The minimum atomic E-state index is -2.57. The van der Waals surface area contributed by atoms with Crippen molar-refractivity contribution in [3.8, 4) is 0 Å². The Hall–Kier alpha value is -0.470. The molecule has 10 heavy (non-hydrogen) atoms. The molecule has 0 unspecified atom stereocenters. The van der Waals surface area contributed by atoms with E-state index in [9.17, 15) is 13.6 Å². The van der Waals surface area contributed by atoms with Gasteiger partial charge in [0, 0.05) is 18.8 Å². The standard InChI is InChI=1S/C7H10F2O/c8-7(9,4-1-5-10)6-2-3-6/h5-6H,1-4H2. The Bertz CT molecular complexity index is 130. The van der Waals surface area contributed by atoms with Crippen molar-refractivity contribution in [1.29, 1.82) is 0 Å². The van der Waals surface area contributed by atoms with Crippen LogP contribution in [0.5, 0.6) is 0 Å². The molecule has 0 N–H and O–H groups in total. The van der Waals surface area contributed by atoms with Crippen LogP contribution >= 0.6 is 0 Å². The smallest absolute Gasteiger partial charge is 0.251 e. The maximum Gasteiger partial charge on any atom is 0.251 e. The zero-order valence-electron chi connectivity index (χ0n) is 5.65. The largest absolute Gasteiger partial charge is 0.303 e. The van der Waals surface area contributed by atoms with Gasteiger partial charge in [0.1, 0.15) is 6.29 Å². The number of carbonyl (C=O) groups is 1. The quantitative estimate of drug-likeness (QED) is 0.557. The minimum Gasteiger partial charge on any atom is -0.303 e. The fraction of sp³-hybridized carbons (Fsp3) is 0.857. The number of hydrogen-bond donors (Lipinski definition) is 0. The molecule has 1 aliphatic rings. The van der Waals surface area contributed by atoms with Gasteiger partial charge in [-0.15, -0.1) is 0 Å². The summed E-state index contributed by atoms with van der Waals surface area (Å²) in [6.07, 6.45) is 1.54. The molecular formula is C7H10F2O. The predicted molar refractivity (Wildman–Crippen MR) is 33.0 cm³/mol. The van der Waals surface area contributed by atoms with Crippen molar-refractivity contribution in [3.63, 3.8) is 0 Å². The third-order valence-corrected chi connectivity index (χ3v) is 1.77. The number of carbonyl (C=O) groups excluding carboxylic acids is 1. The molecule has 0 radical (unpaired) electrons. The second-order valence-electron chi connectivity index (χ2n) is 2.74. The van der Waals surface area contributed by atoms with Crippen LogP contribution in [0, 0.1) is 5.92 Å². The van der Waals surface area contributed by atoms with E-state index in [1.165, 1.54) is 0 Å². The highest BCUT2D eigenvalue weighted by Gasteiger charge is 2.45. The van der Waals surface area contributed by atoms with E-state index < -0.39 is 11.8 Å². The van der Waals surface area contributed by atoms with Crippen LogP contribution in [-0.2, 0) is 4.79 Å². The monoisotopic (exact) mass is 148 g/mol. The molecule has 0 amide bonds. The average molecular weight is 148 g/mol. The van der Waals surface area contributed by atoms with Gasteiger partial charge in [0.15, 0.2) is 0 Å². The van der Waals surface area contributed by atoms with Gasteiger partial charge < -0.3 is 4.79 Å². The third kappa shape index (κ3) is 1.75. The summed E-state index contributed by atoms with van der Waals surface area (Å²) in [6, 6.07) is 0. The van der Waals surface area contributed by atoms with Crippen molar-refractivity contribution in [2.24, 2.45) is 5.92 Å². The second kappa shape index (κ2) is 2.64. The summed E-state index contributed by atoms with van der Waals surface area (Å²) in [7, 11) is 0. The summed E-state index contributed by atoms with van der Waals surface area (Å²) in [5.41, 5.74) is 0. The number of alkyl halides is 2. The first-order valence-corrected chi connectivity index (χ1v) is 3.48. The lowest BCUT2D eigenvalue weighted by molar-refractivity contribution is -0.110. The molecule has 0 aromatic heterocycles. The fourth-order valence-electron chi connectivity index (χ4n) is 0.961. The Balaban J connectivity index is 2.27. The van der Waals surface area contributed by atoms with E-state index >= 15 is 0 Å². The van der Waals surface area contributed by atoms with Crippen LogP contribution in [-0.4, -0.2) is 12.2 Å². The molecule has 3 heteroatoms. The number of aldehydes is 1. The first-order valence-electron chi connectivity index (χ1n) is 3.48. The second-order valence-corrected chi connectivity index (χ2v) is 2.74. The third-order valence-electron chi connectivity index (χ3n) is 1.77. The zero-order valence-corrected chi connectivity index (χ0v) is 5.65. The van der Waals surface area contributed by atoms with Crippen LogP contribution in [0.3, 0.4) is 0 Å². The molecule has 1 rings (SSSR count). The van der Waals surface area contributed by atoms with Crippen LogP contribution in [0.4, 0.5) is 8.78 Å². The lowest BCUT2D eigenvalue weighted by Gasteiger charge is -2.12. The van der Waals surface area contributed by atoms with Crippen molar-refractivity contribution >= 4 is 6.29 Å². The summed E-state index contributed by atoms with van der Waals surface area (Å²) in [6.45, 7) is 0. The predicted octanol–water partition coefficient (Wildman–Crippen LogP) is 2.01. The van der Waals surface area contributed by atoms with Crippen molar-refractivity contribution in [1.82, 2.24) is 0 Å². The average Bonchev–Trinajstić information content (AvgIpc) is 2.64. The van der Waals surface area contributed by atoms with Gasteiger partial charge in [-0.25, -0.2) is 8.78 Å². The van der Waals surface area contributed by atoms with Gasteiger partial charge in [0.05, 0.1) is 0 Å². The Labute approximate surface area is 58.4 Å². The van der Waals surface area contributed by atoms with E-state index in [0.29, 0.717) is 19.1 Å². The lowest BCUT2D eigenvalue weighted by Crippen LogP contribution is -2.18. The van der Waals surface area contributed by atoms with Crippen LogP contribution in [0.1, 0.15) is 25.7 Å². The van der Waals surface area contributed by atoms with Crippen LogP contribution in [0.25, 0.3) is 0 Å². The number of hydrogen-bond acceptors (Lipinski definition) is 1. The van der Waals surface area contributed by atoms with Gasteiger partial charge in [-0.05, 0) is 12.8 Å². The SMILES string of the molecule is O=CCCC(F)(F)C1CC1. The van der Waals surface area contributed by atoms with Gasteiger partial charge in [-0.1, -0.05) is 0 Å². The molecule has 58 valence electrons. The van der Waals surface area contributed by atoms with Gasteiger partial charge >= 0.3 is 0 Å². The maximum atomic E-state index is 12.6. The van der Waals surface area contributed by atoms with Gasteiger partial charge in [0.2, 0.25) is 0 Å². The van der Waals surface area contributed by atoms with Crippen molar-refractivity contribution in [2.45, 2.75) is 31.6 Å². The molecule has 1 nitrogen and oxygen atoms in total. The molecule has 0 aliphatic heterocycles. The highest BCUT2D eigenvalue weighted by atomic mass is 19.3. The summed E-state index contributed by atoms with van der Waals surface area (Å²) < 4.78 is 25.3. The van der Waals surface area contributed by atoms with Crippen molar-refractivity contribution in [3.05, 3.63) is 0 Å². The Morgan fingerprint density at radius 2 is 2.10 bits per heavy atom.